The first kappa shape index (κ1) is 18.9. The van der Waals surface area contributed by atoms with Gasteiger partial charge in [-0.3, -0.25) is 4.79 Å². The molecular formula is C18H18ClN3O2S2. The third kappa shape index (κ3) is 3.79. The van der Waals surface area contributed by atoms with Crippen LogP contribution in [0.4, 0.5) is 5.69 Å². The Kier molecular flexibility index (Phi) is 5.70. The maximum atomic E-state index is 12.7. The van der Waals surface area contributed by atoms with Crippen molar-refractivity contribution in [1.29, 1.82) is 0 Å². The van der Waals surface area contributed by atoms with E-state index >= 15 is 0 Å². The number of nitrogens with one attached hydrogen (secondary N) is 1. The van der Waals surface area contributed by atoms with Gasteiger partial charge in [-0.2, -0.15) is 0 Å². The number of fused-ring (bicyclic) bond motifs is 1. The molecule has 0 bridgehead atoms. The topological polar surface area (TPSA) is 64.1 Å². The highest BCUT2D eigenvalue weighted by Gasteiger charge is 2.20. The van der Waals surface area contributed by atoms with E-state index in [-0.39, 0.29) is 11.2 Å². The Hall–Kier alpha value is -1.83. The summed E-state index contributed by atoms with van der Waals surface area (Å²) < 4.78 is 5.28. The number of hydrogen-bond acceptors (Lipinski definition) is 6. The third-order valence-corrected chi connectivity index (χ3v) is 6.46. The van der Waals surface area contributed by atoms with E-state index in [0.717, 1.165) is 20.8 Å². The maximum Gasteiger partial charge on any atom is 0.237 e. The Balaban J connectivity index is 1.81. The molecule has 1 aromatic carbocycles. The average Bonchev–Trinajstić information content (AvgIpc) is 2.90. The molecule has 0 fully saturated rings. The van der Waals surface area contributed by atoms with Crippen molar-refractivity contribution in [3.8, 4) is 5.75 Å². The molecule has 1 amide bonds. The molecular weight excluding hydrogens is 390 g/mol. The quantitative estimate of drug-likeness (QED) is 0.471. The number of thiophene rings is 1. The molecule has 26 heavy (non-hydrogen) atoms. The first-order chi connectivity index (χ1) is 12.4. The highest BCUT2D eigenvalue weighted by molar-refractivity contribution is 8.00. The lowest BCUT2D eigenvalue weighted by molar-refractivity contribution is -0.115. The second-order valence-corrected chi connectivity index (χ2v) is 8.71. The van der Waals surface area contributed by atoms with E-state index in [2.05, 4.69) is 29.1 Å². The highest BCUT2D eigenvalue weighted by atomic mass is 35.5. The number of aromatic nitrogens is 2. The Morgan fingerprint density at radius 2 is 2.12 bits per heavy atom. The Morgan fingerprint density at radius 3 is 2.85 bits per heavy atom. The number of anilines is 1. The number of rotatable bonds is 5. The van der Waals surface area contributed by atoms with Gasteiger partial charge in [-0.25, -0.2) is 9.97 Å². The van der Waals surface area contributed by atoms with Crippen molar-refractivity contribution < 1.29 is 9.53 Å². The van der Waals surface area contributed by atoms with Gasteiger partial charge >= 0.3 is 0 Å². The number of ether oxygens (including phenoxy) is 1. The van der Waals surface area contributed by atoms with Gasteiger partial charge in [0, 0.05) is 15.3 Å². The number of hydrogen-bond donors (Lipinski definition) is 1. The van der Waals surface area contributed by atoms with Gasteiger partial charge in [0.1, 0.15) is 21.9 Å². The lowest BCUT2D eigenvalue weighted by Crippen LogP contribution is -2.22. The van der Waals surface area contributed by atoms with Crippen LogP contribution in [0.5, 0.6) is 5.75 Å². The summed E-state index contributed by atoms with van der Waals surface area (Å²) in [6, 6.07) is 5.11. The first-order valence-corrected chi connectivity index (χ1v) is 10.00. The largest absolute Gasteiger partial charge is 0.495 e. The van der Waals surface area contributed by atoms with Gasteiger partial charge in [-0.1, -0.05) is 23.4 Å². The number of halogens is 1. The van der Waals surface area contributed by atoms with Crippen LogP contribution in [0, 0.1) is 13.8 Å². The van der Waals surface area contributed by atoms with Crippen LogP contribution in [0.15, 0.2) is 29.6 Å². The smallest absolute Gasteiger partial charge is 0.237 e. The standard InChI is InChI=1S/C18H18ClN3O2S2/c1-9-10(2)25-17-15(9)18(21-8-20-17)26-11(3)16(23)22-13-7-12(19)5-6-14(13)24-4/h5-8,11H,1-4H3,(H,22,23)/t11-/m0/s1. The summed E-state index contributed by atoms with van der Waals surface area (Å²) in [4.78, 5) is 23.5. The zero-order chi connectivity index (χ0) is 18.8. The highest BCUT2D eigenvalue weighted by Crippen LogP contribution is 2.36. The summed E-state index contributed by atoms with van der Waals surface area (Å²) in [5.74, 6) is 0.417. The molecule has 0 unspecified atom stereocenters. The zero-order valence-electron chi connectivity index (χ0n) is 14.8. The van der Waals surface area contributed by atoms with Crippen LogP contribution < -0.4 is 10.1 Å². The number of amides is 1. The fraction of sp³-hybridized carbons (Fsp3) is 0.278. The third-order valence-electron chi connectivity index (χ3n) is 4.01. The normalized spacial score (nSPS) is 12.2. The van der Waals surface area contributed by atoms with E-state index in [1.165, 1.54) is 16.6 Å². The van der Waals surface area contributed by atoms with Crippen molar-refractivity contribution in [3.63, 3.8) is 0 Å². The minimum atomic E-state index is -0.351. The summed E-state index contributed by atoms with van der Waals surface area (Å²) in [7, 11) is 1.55. The van der Waals surface area contributed by atoms with Gasteiger partial charge in [0.2, 0.25) is 5.91 Å². The predicted octanol–water partition coefficient (Wildman–Crippen LogP) is 5.09. The van der Waals surface area contributed by atoms with Gasteiger partial charge in [-0.15, -0.1) is 11.3 Å². The van der Waals surface area contributed by atoms with E-state index in [1.54, 1.807) is 43.0 Å². The fourth-order valence-corrected chi connectivity index (χ4v) is 4.68. The molecule has 2 heterocycles. The first-order valence-electron chi connectivity index (χ1n) is 7.92. The van der Waals surface area contributed by atoms with E-state index in [1.807, 2.05) is 6.92 Å². The molecule has 3 rings (SSSR count). The number of aryl methyl sites for hydroxylation is 2. The van der Waals surface area contributed by atoms with Crippen LogP contribution >= 0.6 is 34.7 Å². The molecule has 1 N–H and O–H groups in total. The van der Waals surface area contributed by atoms with E-state index in [4.69, 9.17) is 16.3 Å². The average molecular weight is 408 g/mol. The minimum absolute atomic E-state index is 0.146. The number of benzene rings is 1. The van der Waals surface area contributed by atoms with Crippen molar-refractivity contribution in [1.82, 2.24) is 9.97 Å². The minimum Gasteiger partial charge on any atom is -0.495 e. The molecule has 3 aromatic rings. The molecule has 0 aliphatic heterocycles. The van der Waals surface area contributed by atoms with E-state index in [0.29, 0.717) is 16.5 Å². The molecule has 0 aliphatic carbocycles. The van der Waals surface area contributed by atoms with Crippen molar-refractivity contribution in [3.05, 3.63) is 40.0 Å². The lowest BCUT2D eigenvalue weighted by Gasteiger charge is -2.14. The summed E-state index contributed by atoms with van der Waals surface area (Å²) >= 11 is 9.08. The zero-order valence-corrected chi connectivity index (χ0v) is 17.2. The van der Waals surface area contributed by atoms with E-state index < -0.39 is 0 Å². The van der Waals surface area contributed by atoms with Crippen LogP contribution in [0.2, 0.25) is 5.02 Å². The number of methoxy groups -OCH3 is 1. The Labute approximate surface area is 165 Å². The number of nitrogens with zero attached hydrogens (tertiary/aromatic N) is 2. The summed E-state index contributed by atoms with van der Waals surface area (Å²) in [6.45, 7) is 5.97. The molecule has 5 nitrogen and oxygen atoms in total. The second-order valence-electron chi connectivity index (χ2n) is 5.74. The fourth-order valence-electron chi connectivity index (χ4n) is 2.47. The molecule has 0 spiro atoms. The molecule has 1 atom stereocenters. The van der Waals surface area contributed by atoms with Crippen molar-refractivity contribution in [2.75, 3.05) is 12.4 Å². The molecule has 8 heteroatoms. The molecule has 0 saturated heterocycles. The van der Waals surface area contributed by atoms with Crippen molar-refractivity contribution in [2.24, 2.45) is 0 Å². The molecule has 0 saturated carbocycles. The van der Waals surface area contributed by atoms with Crippen LogP contribution in [0.1, 0.15) is 17.4 Å². The number of carbonyl (C=O) groups excluding carboxylic acids is 1. The second kappa shape index (κ2) is 7.82. The van der Waals surface area contributed by atoms with Gasteiger partial charge in [0.05, 0.1) is 18.0 Å². The predicted molar refractivity (Wildman–Crippen MR) is 109 cm³/mol. The molecule has 0 aliphatic rings. The van der Waals surface area contributed by atoms with Gasteiger partial charge < -0.3 is 10.1 Å². The molecule has 2 aromatic heterocycles. The van der Waals surface area contributed by atoms with Crippen molar-refractivity contribution >= 4 is 56.5 Å². The van der Waals surface area contributed by atoms with Crippen molar-refractivity contribution in [2.45, 2.75) is 31.0 Å². The van der Waals surface area contributed by atoms with Crippen LogP contribution in [0.3, 0.4) is 0 Å². The number of carbonyl (C=O) groups is 1. The van der Waals surface area contributed by atoms with E-state index in [9.17, 15) is 4.79 Å². The maximum absolute atomic E-state index is 12.7. The summed E-state index contributed by atoms with van der Waals surface area (Å²) in [5, 5.41) is 4.91. The van der Waals surface area contributed by atoms with Crippen LogP contribution in [0.25, 0.3) is 10.2 Å². The lowest BCUT2D eigenvalue weighted by atomic mass is 10.2. The van der Waals surface area contributed by atoms with Gasteiger partial charge in [-0.05, 0) is 44.5 Å². The Bertz CT molecular complexity index is 974. The Morgan fingerprint density at radius 1 is 1.35 bits per heavy atom. The SMILES string of the molecule is COc1ccc(Cl)cc1NC(=O)[C@H](C)Sc1ncnc2sc(C)c(C)c12. The monoisotopic (exact) mass is 407 g/mol. The molecule has 136 valence electrons. The van der Waals surface area contributed by atoms with Gasteiger partial charge in [0.25, 0.3) is 0 Å². The van der Waals surface area contributed by atoms with Crippen LogP contribution in [-0.2, 0) is 4.79 Å². The molecule has 0 radical (unpaired) electrons. The van der Waals surface area contributed by atoms with Crippen LogP contribution in [-0.4, -0.2) is 28.2 Å². The number of thioether (sulfide) groups is 1. The summed E-state index contributed by atoms with van der Waals surface area (Å²) in [6.07, 6.45) is 1.55. The van der Waals surface area contributed by atoms with Gasteiger partial charge in [0.15, 0.2) is 0 Å². The summed E-state index contributed by atoms with van der Waals surface area (Å²) in [5.41, 5.74) is 1.71.